The number of hydrogen-bond acceptors (Lipinski definition) is 4. The van der Waals surface area contributed by atoms with E-state index in [2.05, 4.69) is 5.32 Å². The average Bonchev–Trinajstić information content (AvgIpc) is 3.17. The first-order valence-corrected chi connectivity index (χ1v) is 7.61. The largest absolute Gasteiger partial charge is 0.454 e. The van der Waals surface area contributed by atoms with Crippen molar-refractivity contribution in [1.29, 1.82) is 0 Å². The SMILES string of the molecule is c1cc2c(cc1COCCCCCNC1CC1)OCO2. The minimum Gasteiger partial charge on any atom is -0.454 e. The average molecular weight is 277 g/mol. The molecule has 0 aromatic heterocycles. The molecule has 20 heavy (non-hydrogen) atoms. The van der Waals surface area contributed by atoms with Crippen LogP contribution >= 0.6 is 0 Å². The number of benzene rings is 1. The number of nitrogens with one attached hydrogen (secondary N) is 1. The second-order valence-electron chi connectivity index (χ2n) is 5.53. The zero-order chi connectivity index (χ0) is 13.6. The number of ether oxygens (including phenoxy) is 3. The fourth-order valence-electron chi connectivity index (χ4n) is 2.32. The molecule has 0 radical (unpaired) electrons. The lowest BCUT2D eigenvalue weighted by Crippen LogP contribution is -2.17. The molecular formula is C16H23NO3. The van der Waals surface area contributed by atoms with E-state index in [4.69, 9.17) is 14.2 Å². The van der Waals surface area contributed by atoms with Gasteiger partial charge in [0.25, 0.3) is 0 Å². The van der Waals surface area contributed by atoms with Crippen molar-refractivity contribution >= 4 is 0 Å². The predicted molar refractivity (Wildman–Crippen MR) is 77.1 cm³/mol. The fourth-order valence-corrected chi connectivity index (χ4v) is 2.32. The quantitative estimate of drug-likeness (QED) is 0.705. The van der Waals surface area contributed by atoms with E-state index < -0.39 is 0 Å². The molecule has 1 aromatic carbocycles. The molecule has 1 fully saturated rings. The summed E-state index contributed by atoms with van der Waals surface area (Å²) in [6, 6.07) is 6.82. The predicted octanol–water partition coefficient (Wildman–Crippen LogP) is 2.85. The smallest absolute Gasteiger partial charge is 0.231 e. The Hall–Kier alpha value is -1.26. The third kappa shape index (κ3) is 4.12. The van der Waals surface area contributed by atoms with Crippen molar-refractivity contribution in [3.63, 3.8) is 0 Å². The van der Waals surface area contributed by atoms with E-state index in [1.165, 1.54) is 25.7 Å². The zero-order valence-corrected chi connectivity index (χ0v) is 11.9. The van der Waals surface area contributed by atoms with Crippen LogP contribution in [0.25, 0.3) is 0 Å². The number of fused-ring (bicyclic) bond motifs is 1. The summed E-state index contributed by atoms with van der Waals surface area (Å²) in [6.07, 6.45) is 6.37. The molecule has 1 aliphatic heterocycles. The van der Waals surface area contributed by atoms with Crippen molar-refractivity contribution in [2.24, 2.45) is 0 Å². The summed E-state index contributed by atoms with van der Waals surface area (Å²) < 4.78 is 16.3. The Balaban J connectivity index is 1.24. The van der Waals surface area contributed by atoms with Crippen LogP contribution in [0.15, 0.2) is 18.2 Å². The number of unbranched alkanes of at least 4 members (excludes halogenated alkanes) is 2. The fraction of sp³-hybridized carbons (Fsp3) is 0.625. The molecular weight excluding hydrogens is 254 g/mol. The normalized spacial score (nSPS) is 16.6. The second-order valence-corrected chi connectivity index (χ2v) is 5.53. The molecule has 0 bridgehead atoms. The lowest BCUT2D eigenvalue weighted by molar-refractivity contribution is 0.116. The van der Waals surface area contributed by atoms with E-state index in [1.54, 1.807) is 0 Å². The van der Waals surface area contributed by atoms with Crippen molar-refractivity contribution in [2.45, 2.75) is 44.8 Å². The van der Waals surface area contributed by atoms with Gasteiger partial charge in [0.15, 0.2) is 11.5 Å². The van der Waals surface area contributed by atoms with Crippen LogP contribution in [0.1, 0.15) is 37.7 Å². The summed E-state index contributed by atoms with van der Waals surface area (Å²) in [4.78, 5) is 0. The number of rotatable bonds is 9. The van der Waals surface area contributed by atoms with Crippen molar-refractivity contribution in [3.05, 3.63) is 23.8 Å². The van der Waals surface area contributed by atoms with Gasteiger partial charge in [-0.05, 0) is 56.3 Å². The van der Waals surface area contributed by atoms with Crippen LogP contribution in [0.3, 0.4) is 0 Å². The van der Waals surface area contributed by atoms with Crippen LogP contribution in [-0.4, -0.2) is 26.0 Å². The van der Waals surface area contributed by atoms with E-state index in [1.807, 2.05) is 18.2 Å². The topological polar surface area (TPSA) is 39.7 Å². The van der Waals surface area contributed by atoms with Crippen LogP contribution in [-0.2, 0) is 11.3 Å². The maximum absolute atomic E-state index is 5.70. The van der Waals surface area contributed by atoms with Gasteiger partial charge in [-0.3, -0.25) is 0 Å². The molecule has 110 valence electrons. The van der Waals surface area contributed by atoms with Gasteiger partial charge >= 0.3 is 0 Å². The third-order valence-corrected chi connectivity index (χ3v) is 3.68. The molecule has 4 nitrogen and oxygen atoms in total. The first-order chi connectivity index (χ1) is 9.92. The molecule has 0 spiro atoms. The maximum Gasteiger partial charge on any atom is 0.231 e. The van der Waals surface area contributed by atoms with Gasteiger partial charge in [0.05, 0.1) is 6.61 Å². The lowest BCUT2D eigenvalue weighted by Gasteiger charge is -2.06. The van der Waals surface area contributed by atoms with Crippen molar-refractivity contribution in [3.8, 4) is 11.5 Å². The van der Waals surface area contributed by atoms with Crippen molar-refractivity contribution < 1.29 is 14.2 Å². The molecule has 1 saturated carbocycles. The molecule has 3 rings (SSSR count). The number of hydrogen-bond donors (Lipinski definition) is 1. The molecule has 1 aromatic rings. The Morgan fingerprint density at radius 1 is 1.10 bits per heavy atom. The van der Waals surface area contributed by atoms with E-state index >= 15 is 0 Å². The first-order valence-electron chi connectivity index (χ1n) is 7.61. The standard InChI is InChI=1S/C16H23NO3/c1(2-8-17-14-5-6-14)3-9-18-11-13-4-7-15-16(10-13)20-12-19-15/h4,7,10,14,17H,1-3,5-6,8-9,11-12H2. The highest BCUT2D eigenvalue weighted by Crippen LogP contribution is 2.32. The molecule has 0 unspecified atom stereocenters. The highest BCUT2D eigenvalue weighted by atomic mass is 16.7. The molecule has 4 heteroatoms. The van der Waals surface area contributed by atoms with E-state index in [0.29, 0.717) is 13.4 Å². The van der Waals surface area contributed by atoms with Gasteiger partial charge in [-0.1, -0.05) is 6.07 Å². The van der Waals surface area contributed by atoms with Crippen LogP contribution < -0.4 is 14.8 Å². The molecule has 1 heterocycles. The van der Waals surface area contributed by atoms with Gasteiger partial charge < -0.3 is 19.5 Å². The highest BCUT2D eigenvalue weighted by molar-refractivity contribution is 5.44. The Morgan fingerprint density at radius 3 is 2.90 bits per heavy atom. The highest BCUT2D eigenvalue weighted by Gasteiger charge is 2.19. The van der Waals surface area contributed by atoms with Crippen molar-refractivity contribution in [2.75, 3.05) is 19.9 Å². The van der Waals surface area contributed by atoms with Gasteiger partial charge in [-0.25, -0.2) is 0 Å². The third-order valence-electron chi connectivity index (χ3n) is 3.68. The molecule has 0 atom stereocenters. The van der Waals surface area contributed by atoms with Crippen LogP contribution in [0, 0.1) is 0 Å². The zero-order valence-electron chi connectivity index (χ0n) is 11.9. The monoisotopic (exact) mass is 277 g/mol. The molecule has 1 N–H and O–H groups in total. The van der Waals surface area contributed by atoms with E-state index in [0.717, 1.165) is 42.7 Å². The summed E-state index contributed by atoms with van der Waals surface area (Å²) in [6.45, 7) is 2.97. The van der Waals surface area contributed by atoms with Crippen LogP contribution in [0.4, 0.5) is 0 Å². The Bertz CT molecular complexity index is 432. The second kappa shape index (κ2) is 6.95. The molecule has 0 amide bonds. The first kappa shape index (κ1) is 13.7. The summed E-state index contributed by atoms with van der Waals surface area (Å²) in [5, 5.41) is 3.53. The Labute approximate surface area is 120 Å². The minimum atomic E-state index is 0.328. The summed E-state index contributed by atoms with van der Waals surface area (Å²) in [5.41, 5.74) is 1.14. The minimum absolute atomic E-state index is 0.328. The van der Waals surface area contributed by atoms with Gasteiger partial charge in [0, 0.05) is 12.6 Å². The molecule has 1 aliphatic carbocycles. The lowest BCUT2D eigenvalue weighted by atomic mass is 10.2. The van der Waals surface area contributed by atoms with Crippen molar-refractivity contribution in [1.82, 2.24) is 5.32 Å². The molecule has 2 aliphatic rings. The van der Waals surface area contributed by atoms with Crippen LogP contribution in [0.5, 0.6) is 11.5 Å². The Morgan fingerprint density at radius 2 is 2.00 bits per heavy atom. The van der Waals surface area contributed by atoms with Gasteiger partial charge in [0.2, 0.25) is 6.79 Å². The summed E-state index contributed by atoms with van der Waals surface area (Å²) in [5.74, 6) is 1.66. The van der Waals surface area contributed by atoms with E-state index in [9.17, 15) is 0 Å². The van der Waals surface area contributed by atoms with Gasteiger partial charge in [-0.2, -0.15) is 0 Å². The molecule has 0 saturated heterocycles. The van der Waals surface area contributed by atoms with Gasteiger partial charge in [-0.15, -0.1) is 0 Å². The maximum atomic E-state index is 5.70. The van der Waals surface area contributed by atoms with Crippen LogP contribution in [0.2, 0.25) is 0 Å². The summed E-state index contributed by atoms with van der Waals surface area (Å²) >= 11 is 0. The summed E-state index contributed by atoms with van der Waals surface area (Å²) in [7, 11) is 0. The van der Waals surface area contributed by atoms with Gasteiger partial charge in [0.1, 0.15) is 0 Å². The Kier molecular flexibility index (Phi) is 4.77. The van der Waals surface area contributed by atoms with E-state index in [-0.39, 0.29) is 0 Å².